The highest BCUT2D eigenvalue weighted by atomic mass is 16.1. The van der Waals surface area contributed by atoms with Crippen LogP contribution in [0.1, 0.15) is 5.69 Å². The van der Waals surface area contributed by atoms with Gasteiger partial charge in [0.05, 0.1) is 22.1 Å². The average molecular weight is 350 g/mol. The molecular weight excluding hydrogens is 328 g/mol. The molecule has 0 unspecified atom stereocenters. The molecule has 6 N–H and O–H groups in total. The van der Waals surface area contributed by atoms with Gasteiger partial charge in [-0.1, -0.05) is 12.1 Å². The van der Waals surface area contributed by atoms with E-state index in [1.165, 1.54) is 0 Å². The Balaban J connectivity index is 2.04. The number of rotatable bonds is 7. The number of aromatic nitrogens is 2. The number of pyridine rings is 1. The molecule has 0 spiro atoms. The molecule has 0 fully saturated rings. The Morgan fingerprint density at radius 3 is 2.62 bits per heavy atom. The van der Waals surface area contributed by atoms with Gasteiger partial charge in [-0.2, -0.15) is 5.10 Å². The van der Waals surface area contributed by atoms with E-state index < -0.39 is 0 Å². The van der Waals surface area contributed by atoms with Crippen molar-refractivity contribution < 1.29 is 0 Å². The van der Waals surface area contributed by atoms with Gasteiger partial charge in [-0.05, 0) is 24.3 Å². The van der Waals surface area contributed by atoms with E-state index in [-0.39, 0.29) is 5.43 Å². The molecule has 0 saturated heterocycles. The lowest BCUT2D eigenvalue weighted by Gasteiger charge is -2.10. The molecule has 0 saturated carbocycles. The van der Waals surface area contributed by atoms with Crippen molar-refractivity contribution in [3.8, 4) is 0 Å². The van der Waals surface area contributed by atoms with Crippen molar-refractivity contribution in [2.24, 2.45) is 11.5 Å². The largest absolute Gasteiger partial charge is 0.383 e. The molecule has 0 radical (unpaired) electrons. The number of nitrogens with zero attached hydrogens (tertiary/aromatic N) is 2. The number of anilines is 1. The zero-order valence-electron chi connectivity index (χ0n) is 14.5. The number of nitrogens with one attached hydrogen (secondary N) is 2. The van der Waals surface area contributed by atoms with Gasteiger partial charge in [-0.25, -0.2) is 4.52 Å². The van der Waals surface area contributed by atoms with E-state index in [0.717, 1.165) is 27.8 Å². The zero-order chi connectivity index (χ0) is 18.1. The summed E-state index contributed by atoms with van der Waals surface area (Å²) in [5.74, 6) is 0. The van der Waals surface area contributed by atoms with Crippen LogP contribution in [-0.4, -0.2) is 35.8 Å². The Labute approximate surface area is 150 Å². The monoisotopic (exact) mass is 350 g/mol. The highest BCUT2D eigenvalue weighted by Crippen LogP contribution is 2.30. The van der Waals surface area contributed by atoms with Gasteiger partial charge in [0.2, 0.25) is 0 Å². The average Bonchev–Trinajstić information content (AvgIpc) is 3.04. The molecule has 2 aromatic carbocycles. The van der Waals surface area contributed by atoms with Crippen molar-refractivity contribution >= 4 is 32.9 Å². The van der Waals surface area contributed by atoms with Crippen LogP contribution in [0.15, 0.2) is 41.2 Å². The first-order valence-electron chi connectivity index (χ1n) is 8.79. The van der Waals surface area contributed by atoms with Gasteiger partial charge in [-0.15, -0.1) is 0 Å². The van der Waals surface area contributed by atoms with Crippen LogP contribution in [-0.2, 0) is 6.54 Å². The highest BCUT2D eigenvalue weighted by Gasteiger charge is 2.19. The maximum Gasteiger partial charge on any atom is 0.199 e. The summed E-state index contributed by atoms with van der Waals surface area (Å²) >= 11 is 0. The van der Waals surface area contributed by atoms with Crippen LogP contribution in [0.25, 0.3) is 27.2 Å². The fourth-order valence-electron chi connectivity index (χ4n) is 3.45. The standard InChI is InChI=1S/C19H22N6O/c20-7-9-22-11-15-12-5-6-14(23-10-8-21)17-18(12)25(24-15)16-4-2-1-3-13(16)19(17)26/h1-6,22-23H,7-11,20-21H2. The Bertz CT molecular complexity index is 1120. The van der Waals surface area contributed by atoms with E-state index in [2.05, 4.69) is 10.6 Å². The summed E-state index contributed by atoms with van der Waals surface area (Å²) in [5.41, 5.74) is 14.6. The topological polar surface area (TPSA) is 110 Å². The van der Waals surface area contributed by atoms with Crippen LogP contribution < -0.4 is 27.5 Å². The lowest BCUT2D eigenvalue weighted by atomic mass is 10.1. The molecule has 0 aliphatic heterocycles. The number of fused-ring (bicyclic) bond motifs is 2. The molecule has 0 amide bonds. The van der Waals surface area contributed by atoms with Crippen molar-refractivity contribution in [3.05, 3.63) is 52.3 Å². The first-order valence-corrected chi connectivity index (χ1v) is 8.79. The zero-order valence-corrected chi connectivity index (χ0v) is 14.5. The third-order valence-corrected chi connectivity index (χ3v) is 4.60. The van der Waals surface area contributed by atoms with E-state index in [0.29, 0.717) is 43.5 Å². The van der Waals surface area contributed by atoms with Gasteiger partial charge in [0.25, 0.3) is 0 Å². The van der Waals surface area contributed by atoms with E-state index in [1.54, 1.807) is 0 Å². The summed E-state index contributed by atoms with van der Waals surface area (Å²) in [7, 11) is 0. The molecule has 0 aliphatic rings. The number of para-hydroxylation sites is 1. The number of nitrogens with two attached hydrogens (primary N) is 2. The van der Waals surface area contributed by atoms with Gasteiger partial charge in [0.1, 0.15) is 0 Å². The van der Waals surface area contributed by atoms with Gasteiger partial charge in [-0.3, -0.25) is 4.79 Å². The summed E-state index contributed by atoms with van der Waals surface area (Å²) in [6.45, 7) is 2.99. The molecule has 0 atom stereocenters. The SMILES string of the molecule is NCCNCc1nn2c3ccccc3c(=O)c3c(NCCN)ccc1c32. The first-order chi connectivity index (χ1) is 12.8. The Morgan fingerprint density at radius 1 is 1.00 bits per heavy atom. The Hall–Kier alpha value is -2.74. The lowest BCUT2D eigenvalue weighted by molar-refractivity contribution is 0.680. The van der Waals surface area contributed by atoms with Crippen molar-refractivity contribution in [1.29, 1.82) is 0 Å². The molecule has 0 aliphatic carbocycles. The quantitative estimate of drug-likeness (QED) is 0.291. The van der Waals surface area contributed by atoms with E-state index in [4.69, 9.17) is 16.6 Å². The van der Waals surface area contributed by atoms with Crippen LogP contribution in [0.3, 0.4) is 0 Å². The number of hydrogen-bond acceptors (Lipinski definition) is 6. The molecule has 4 rings (SSSR count). The maximum atomic E-state index is 13.2. The molecule has 2 aromatic heterocycles. The predicted molar refractivity (Wildman–Crippen MR) is 106 cm³/mol. The highest BCUT2D eigenvalue weighted by molar-refractivity contribution is 6.08. The molecule has 0 bridgehead atoms. The summed E-state index contributed by atoms with van der Waals surface area (Å²) < 4.78 is 1.88. The van der Waals surface area contributed by atoms with Gasteiger partial charge < -0.3 is 22.1 Å². The summed E-state index contributed by atoms with van der Waals surface area (Å²) in [6, 6.07) is 11.5. The molecule has 4 aromatic rings. The van der Waals surface area contributed by atoms with Crippen LogP contribution in [0.2, 0.25) is 0 Å². The summed E-state index contributed by atoms with van der Waals surface area (Å²) in [5, 5.41) is 13.7. The lowest BCUT2D eigenvalue weighted by Crippen LogP contribution is -2.22. The molecule has 26 heavy (non-hydrogen) atoms. The van der Waals surface area contributed by atoms with Crippen molar-refractivity contribution in [2.75, 3.05) is 31.5 Å². The van der Waals surface area contributed by atoms with Crippen LogP contribution in [0.5, 0.6) is 0 Å². The number of hydrogen-bond donors (Lipinski definition) is 4. The van der Waals surface area contributed by atoms with E-state index >= 15 is 0 Å². The molecule has 134 valence electrons. The second-order valence-electron chi connectivity index (χ2n) is 6.27. The van der Waals surface area contributed by atoms with Crippen LogP contribution >= 0.6 is 0 Å². The van der Waals surface area contributed by atoms with Gasteiger partial charge in [0, 0.05) is 49.2 Å². The van der Waals surface area contributed by atoms with Gasteiger partial charge >= 0.3 is 0 Å². The second-order valence-corrected chi connectivity index (χ2v) is 6.27. The minimum absolute atomic E-state index is 0.0135. The van der Waals surface area contributed by atoms with Crippen molar-refractivity contribution in [1.82, 2.24) is 14.9 Å². The molecule has 7 heteroatoms. The van der Waals surface area contributed by atoms with Crippen LogP contribution in [0.4, 0.5) is 5.69 Å². The fraction of sp³-hybridized carbons (Fsp3) is 0.263. The maximum absolute atomic E-state index is 13.2. The fourth-order valence-corrected chi connectivity index (χ4v) is 3.45. The third kappa shape index (κ3) is 2.57. The minimum Gasteiger partial charge on any atom is -0.383 e. The van der Waals surface area contributed by atoms with Crippen LogP contribution in [0, 0.1) is 0 Å². The summed E-state index contributed by atoms with van der Waals surface area (Å²) in [6.07, 6.45) is 0. The normalized spacial score (nSPS) is 11.8. The molecule has 2 heterocycles. The number of benzene rings is 2. The first kappa shape index (κ1) is 16.7. The van der Waals surface area contributed by atoms with Gasteiger partial charge in [0.15, 0.2) is 5.43 Å². The smallest absolute Gasteiger partial charge is 0.199 e. The minimum atomic E-state index is 0.0135. The van der Waals surface area contributed by atoms with Crippen molar-refractivity contribution in [3.63, 3.8) is 0 Å². The third-order valence-electron chi connectivity index (χ3n) is 4.60. The Morgan fingerprint density at radius 2 is 1.81 bits per heavy atom. The van der Waals surface area contributed by atoms with E-state index in [9.17, 15) is 4.79 Å². The van der Waals surface area contributed by atoms with Crippen molar-refractivity contribution in [2.45, 2.75) is 6.54 Å². The molecule has 7 nitrogen and oxygen atoms in total. The molecular formula is C19H22N6O. The Kier molecular flexibility index (Phi) is 4.42. The van der Waals surface area contributed by atoms with E-state index in [1.807, 2.05) is 40.9 Å². The summed E-state index contributed by atoms with van der Waals surface area (Å²) in [4.78, 5) is 13.2. The second kappa shape index (κ2) is 6.87. The predicted octanol–water partition coefficient (Wildman–Crippen LogP) is 0.858.